The Morgan fingerprint density at radius 1 is 1.57 bits per heavy atom. The molecule has 1 aliphatic heterocycles. The normalized spacial score (nSPS) is 23.4. The van der Waals surface area contributed by atoms with Crippen LogP contribution in [0.5, 0.6) is 0 Å². The number of hydrogen-bond donors (Lipinski definition) is 1. The van der Waals surface area contributed by atoms with Crippen molar-refractivity contribution in [1.29, 1.82) is 0 Å². The fourth-order valence-corrected chi connectivity index (χ4v) is 1.65. The summed E-state index contributed by atoms with van der Waals surface area (Å²) in [4.78, 5) is 0. The molecule has 0 spiro atoms. The minimum atomic E-state index is 0.574. The maximum absolute atomic E-state index is 5.36. The molecule has 0 amide bonds. The monoisotopic (exact) mass is 197 g/mol. The Kier molecular flexibility index (Phi) is 5.20. The lowest BCUT2D eigenvalue weighted by molar-refractivity contribution is 0.191. The zero-order valence-corrected chi connectivity index (χ0v) is 9.68. The first-order valence-corrected chi connectivity index (χ1v) is 5.73. The molecule has 1 N–H and O–H groups in total. The van der Waals surface area contributed by atoms with Crippen molar-refractivity contribution in [2.45, 2.75) is 39.7 Å². The van der Waals surface area contributed by atoms with Gasteiger partial charge in [0.1, 0.15) is 0 Å². The topological polar surface area (TPSA) is 21.3 Å². The highest BCUT2D eigenvalue weighted by Crippen LogP contribution is 2.16. The number of ether oxygens (including phenoxy) is 1. The fraction of sp³-hybridized carbons (Fsp3) is 0.833. The lowest BCUT2D eigenvalue weighted by Gasteiger charge is -2.11. The maximum atomic E-state index is 5.36. The summed E-state index contributed by atoms with van der Waals surface area (Å²) >= 11 is 0. The Bertz CT molecular complexity index is 181. The van der Waals surface area contributed by atoms with Gasteiger partial charge in [0.05, 0.1) is 6.61 Å². The minimum Gasteiger partial charge on any atom is -0.381 e. The van der Waals surface area contributed by atoms with Gasteiger partial charge in [0.2, 0.25) is 0 Å². The molecule has 82 valence electrons. The van der Waals surface area contributed by atoms with Crippen LogP contribution in [0.15, 0.2) is 11.6 Å². The van der Waals surface area contributed by atoms with Crippen LogP contribution in [-0.4, -0.2) is 25.8 Å². The zero-order valence-electron chi connectivity index (χ0n) is 9.68. The first kappa shape index (κ1) is 11.7. The van der Waals surface area contributed by atoms with Crippen molar-refractivity contribution >= 4 is 0 Å². The first-order valence-electron chi connectivity index (χ1n) is 5.73. The summed E-state index contributed by atoms with van der Waals surface area (Å²) in [5.41, 5.74) is 1.52. The van der Waals surface area contributed by atoms with Gasteiger partial charge in [-0.05, 0) is 12.8 Å². The molecular weight excluding hydrogens is 174 g/mol. The van der Waals surface area contributed by atoms with E-state index in [-0.39, 0.29) is 0 Å². The third-order valence-corrected chi connectivity index (χ3v) is 2.63. The van der Waals surface area contributed by atoms with Crippen LogP contribution in [0.4, 0.5) is 0 Å². The molecule has 14 heavy (non-hydrogen) atoms. The number of hydrogen-bond acceptors (Lipinski definition) is 2. The Labute approximate surface area is 87.7 Å². The van der Waals surface area contributed by atoms with E-state index in [2.05, 4.69) is 32.2 Å². The van der Waals surface area contributed by atoms with Gasteiger partial charge in [0.15, 0.2) is 0 Å². The quantitative estimate of drug-likeness (QED) is 0.683. The Hall–Kier alpha value is -0.340. The van der Waals surface area contributed by atoms with E-state index >= 15 is 0 Å². The van der Waals surface area contributed by atoms with Crippen LogP contribution in [0.2, 0.25) is 0 Å². The third-order valence-electron chi connectivity index (χ3n) is 2.63. The van der Waals surface area contributed by atoms with Crippen molar-refractivity contribution in [3.8, 4) is 0 Å². The Morgan fingerprint density at radius 2 is 2.36 bits per heavy atom. The van der Waals surface area contributed by atoms with Gasteiger partial charge < -0.3 is 10.1 Å². The van der Waals surface area contributed by atoms with Crippen molar-refractivity contribution in [1.82, 2.24) is 5.32 Å². The Morgan fingerprint density at radius 3 is 2.86 bits per heavy atom. The molecule has 0 aliphatic carbocycles. The molecule has 0 saturated carbocycles. The lowest BCUT2D eigenvalue weighted by atomic mass is 10.0. The SMILES string of the molecule is CC/C(=C\C1CCOC1)CNC(C)C. The molecule has 1 saturated heterocycles. The molecule has 1 heterocycles. The summed E-state index contributed by atoms with van der Waals surface area (Å²) in [7, 11) is 0. The molecule has 0 radical (unpaired) electrons. The van der Waals surface area contributed by atoms with Crippen molar-refractivity contribution in [3.63, 3.8) is 0 Å². The second-order valence-electron chi connectivity index (χ2n) is 4.34. The standard InChI is InChI=1S/C12H23NO/c1-4-11(8-13-10(2)3)7-12-5-6-14-9-12/h7,10,12-13H,4-6,8-9H2,1-3H3/b11-7+. The average Bonchev–Trinajstić information content (AvgIpc) is 2.64. The highest BCUT2D eigenvalue weighted by Gasteiger charge is 2.13. The van der Waals surface area contributed by atoms with Gasteiger partial charge in [0, 0.05) is 25.1 Å². The Balaban J connectivity index is 2.35. The predicted octanol–water partition coefficient (Wildman–Crippen LogP) is 2.36. The van der Waals surface area contributed by atoms with Crippen LogP contribution in [0.3, 0.4) is 0 Å². The van der Waals surface area contributed by atoms with E-state index < -0.39 is 0 Å². The lowest BCUT2D eigenvalue weighted by Crippen LogP contribution is -2.25. The average molecular weight is 197 g/mol. The van der Waals surface area contributed by atoms with Gasteiger partial charge in [-0.15, -0.1) is 0 Å². The van der Waals surface area contributed by atoms with Crippen LogP contribution < -0.4 is 5.32 Å². The maximum Gasteiger partial charge on any atom is 0.0529 e. The molecule has 1 aliphatic rings. The molecule has 2 heteroatoms. The van der Waals surface area contributed by atoms with E-state index in [4.69, 9.17) is 4.74 Å². The summed E-state index contributed by atoms with van der Waals surface area (Å²) in [5.74, 6) is 0.666. The van der Waals surface area contributed by atoms with Crippen LogP contribution >= 0.6 is 0 Å². The molecule has 1 atom stereocenters. The van der Waals surface area contributed by atoms with Crippen LogP contribution in [0.1, 0.15) is 33.6 Å². The largest absolute Gasteiger partial charge is 0.381 e. The molecule has 0 aromatic heterocycles. The summed E-state index contributed by atoms with van der Waals surface area (Å²) < 4.78 is 5.36. The van der Waals surface area contributed by atoms with E-state index in [1.54, 1.807) is 0 Å². The highest BCUT2D eigenvalue weighted by atomic mass is 16.5. The van der Waals surface area contributed by atoms with Gasteiger partial charge in [0.25, 0.3) is 0 Å². The van der Waals surface area contributed by atoms with Gasteiger partial charge >= 0.3 is 0 Å². The van der Waals surface area contributed by atoms with Gasteiger partial charge in [-0.3, -0.25) is 0 Å². The van der Waals surface area contributed by atoms with Crippen LogP contribution in [-0.2, 0) is 4.74 Å². The number of nitrogens with one attached hydrogen (secondary N) is 1. The van der Waals surface area contributed by atoms with Crippen molar-refractivity contribution in [2.24, 2.45) is 5.92 Å². The van der Waals surface area contributed by atoms with E-state index in [1.807, 2.05) is 0 Å². The van der Waals surface area contributed by atoms with Gasteiger partial charge in [-0.1, -0.05) is 32.4 Å². The highest BCUT2D eigenvalue weighted by molar-refractivity contribution is 5.06. The van der Waals surface area contributed by atoms with E-state index in [1.165, 1.54) is 12.0 Å². The minimum absolute atomic E-state index is 0.574. The van der Waals surface area contributed by atoms with E-state index in [9.17, 15) is 0 Å². The fourth-order valence-electron chi connectivity index (χ4n) is 1.65. The second-order valence-corrected chi connectivity index (χ2v) is 4.34. The second kappa shape index (κ2) is 6.20. The van der Waals surface area contributed by atoms with Crippen molar-refractivity contribution < 1.29 is 4.74 Å². The molecule has 1 unspecified atom stereocenters. The predicted molar refractivity (Wildman–Crippen MR) is 60.4 cm³/mol. The zero-order chi connectivity index (χ0) is 10.4. The van der Waals surface area contributed by atoms with Crippen molar-refractivity contribution in [3.05, 3.63) is 11.6 Å². The molecule has 0 bridgehead atoms. The summed E-state index contributed by atoms with van der Waals surface area (Å²) in [5, 5.41) is 3.46. The van der Waals surface area contributed by atoms with Crippen LogP contribution in [0, 0.1) is 5.92 Å². The third kappa shape index (κ3) is 4.25. The summed E-state index contributed by atoms with van der Waals surface area (Å²) in [6.45, 7) is 9.49. The van der Waals surface area contributed by atoms with Gasteiger partial charge in [-0.25, -0.2) is 0 Å². The van der Waals surface area contributed by atoms with Gasteiger partial charge in [-0.2, -0.15) is 0 Å². The molecule has 2 nitrogen and oxygen atoms in total. The smallest absolute Gasteiger partial charge is 0.0529 e. The van der Waals surface area contributed by atoms with Crippen molar-refractivity contribution in [2.75, 3.05) is 19.8 Å². The van der Waals surface area contributed by atoms with E-state index in [0.717, 1.165) is 26.2 Å². The molecule has 1 fully saturated rings. The van der Waals surface area contributed by atoms with E-state index in [0.29, 0.717) is 12.0 Å². The summed E-state index contributed by atoms with van der Waals surface area (Å²) in [6.07, 6.45) is 4.75. The molecule has 0 aromatic rings. The molecule has 0 aromatic carbocycles. The molecule has 1 rings (SSSR count). The first-order chi connectivity index (χ1) is 6.72. The summed E-state index contributed by atoms with van der Waals surface area (Å²) in [6, 6.07) is 0.574. The van der Waals surface area contributed by atoms with Crippen LogP contribution in [0.25, 0.3) is 0 Å². The number of rotatable bonds is 5. The molecular formula is C12H23NO.